The van der Waals surface area contributed by atoms with Crippen molar-refractivity contribution < 1.29 is 18.7 Å². The van der Waals surface area contributed by atoms with Crippen LogP contribution < -0.4 is 20.8 Å². The maximum atomic E-state index is 13.1. The second-order valence-corrected chi connectivity index (χ2v) is 5.64. The number of hydrogen-bond acceptors (Lipinski definition) is 5. The lowest BCUT2D eigenvalue weighted by atomic mass is 10.1. The summed E-state index contributed by atoms with van der Waals surface area (Å²) in [6.07, 6.45) is 0.0493. The van der Waals surface area contributed by atoms with Crippen LogP contribution in [0, 0.1) is 5.82 Å². The van der Waals surface area contributed by atoms with Gasteiger partial charge in [-0.25, -0.2) is 4.39 Å². The van der Waals surface area contributed by atoms with E-state index in [1.165, 1.54) is 36.4 Å². The highest BCUT2D eigenvalue weighted by Crippen LogP contribution is 2.27. The quantitative estimate of drug-likeness (QED) is 0.855. The Hall–Kier alpha value is -3.42. The van der Waals surface area contributed by atoms with Crippen LogP contribution in [0.15, 0.2) is 53.6 Å². The molecule has 3 N–H and O–H groups in total. The molecule has 1 atom stereocenters. The van der Waals surface area contributed by atoms with E-state index in [-0.39, 0.29) is 12.1 Å². The van der Waals surface area contributed by atoms with Gasteiger partial charge in [-0.2, -0.15) is 5.10 Å². The summed E-state index contributed by atoms with van der Waals surface area (Å²) in [5.41, 5.74) is 6.53. The number of carbonyl (C=O) groups excluding carboxylic acids is 2. The molecule has 0 fully saturated rings. The molecule has 3 rings (SSSR count). The Balaban J connectivity index is 1.85. The number of benzene rings is 2. The topological polar surface area (TPSA) is 97.0 Å². The van der Waals surface area contributed by atoms with Gasteiger partial charge in [0.2, 0.25) is 5.91 Å². The van der Waals surface area contributed by atoms with Gasteiger partial charge in [-0.05, 0) is 36.4 Å². The molecule has 134 valence electrons. The minimum atomic E-state index is -0.820. The van der Waals surface area contributed by atoms with Crippen LogP contribution in [0.2, 0.25) is 0 Å². The van der Waals surface area contributed by atoms with Crippen molar-refractivity contribution in [3.05, 3.63) is 54.3 Å². The van der Waals surface area contributed by atoms with Crippen LogP contribution in [0.1, 0.15) is 6.42 Å². The van der Waals surface area contributed by atoms with Crippen LogP contribution in [-0.4, -0.2) is 30.7 Å². The van der Waals surface area contributed by atoms with Crippen molar-refractivity contribution in [2.75, 3.05) is 17.4 Å². The van der Waals surface area contributed by atoms with E-state index < -0.39 is 23.7 Å². The number of halogens is 1. The fourth-order valence-electron chi connectivity index (χ4n) is 2.64. The van der Waals surface area contributed by atoms with Crippen molar-refractivity contribution >= 4 is 28.9 Å². The first-order valence-electron chi connectivity index (χ1n) is 7.85. The molecule has 2 aromatic rings. The van der Waals surface area contributed by atoms with Crippen molar-refractivity contribution in [1.29, 1.82) is 0 Å². The van der Waals surface area contributed by atoms with Gasteiger partial charge in [0, 0.05) is 6.42 Å². The number of para-hydroxylation sites is 2. The van der Waals surface area contributed by atoms with E-state index in [2.05, 4.69) is 10.4 Å². The number of methoxy groups -OCH3 is 1. The highest BCUT2D eigenvalue weighted by atomic mass is 19.1. The molecule has 0 spiro atoms. The van der Waals surface area contributed by atoms with E-state index >= 15 is 0 Å². The number of anilines is 2. The van der Waals surface area contributed by atoms with E-state index in [1.807, 2.05) is 0 Å². The molecule has 1 aliphatic rings. The maximum absolute atomic E-state index is 13.1. The highest BCUT2D eigenvalue weighted by Gasteiger charge is 2.35. The van der Waals surface area contributed by atoms with Crippen LogP contribution >= 0.6 is 0 Å². The lowest BCUT2D eigenvalue weighted by Crippen LogP contribution is -2.39. The summed E-state index contributed by atoms with van der Waals surface area (Å²) in [5.74, 6) is -1.01. The van der Waals surface area contributed by atoms with Gasteiger partial charge in [-0.1, -0.05) is 12.1 Å². The number of ether oxygens (including phenoxy) is 1. The summed E-state index contributed by atoms with van der Waals surface area (Å²) >= 11 is 0. The largest absolute Gasteiger partial charge is 0.495 e. The number of amides is 2. The first kappa shape index (κ1) is 17.4. The van der Waals surface area contributed by atoms with E-state index in [9.17, 15) is 14.0 Å². The third-order valence-corrected chi connectivity index (χ3v) is 3.95. The molecular formula is C18H17FN4O3. The van der Waals surface area contributed by atoms with Crippen molar-refractivity contribution in [3.63, 3.8) is 0 Å². The lowest BCUT2D eigenvalue weighted by Gasteiger charge is -2.20. The molecule has 0 bridgehead atoms. The number of rotatable bonds is 5. The molecule has 0 aromatic heterocycles. The van der Waals surface area contributed by atoms with Gasteiger partial charge in [0.05, 0.1) is 18.5 Å². The molecule has 2 amide bonds. The summed E-state index contributed by atoms with van der Waals surface area (Å²) in [7, 11) is 1.50. The van der Waals surface area contributed by atoms with E-state index in [0.717, 1.165) is 0 Å². The Morgan fingerprint density at radius 1 is 1.23 bits per heavy atom. The smallest absolute Gasteiger partial charge is 0.272 e. The Kier molecular flexibility index (Phi) is 4.83. The average molecular weight is 356 g/mol. The van der Waals surface area contributed by atoms with Crippen molar-refractivity contribution in [3.8, 4) is 5.75 Å². The third-order valence-electron chi connectivity index (χ3n) is 3.95. The van der Waals surface area contributed by atoms with Gasteiger partial charge >= 0.3 is 0 Å². The number of nitrogens with two attached hydrogens (primary N) is 1. The minimum absolute atomic E-state index is 0.0493. The van der Waals surface area contributed by atoms with Crippen LogP contribution in [-0.2, 0) is 9.59 Å². The van der Waals surface area contributed by atoms with Crippen LogP contribution in [0.4, 0.5) is 15.8 Å². The second-order valence-electron chi connectivity index (χ2n) is 5.64. The van der Waals surface area contributed by atoms with Gasteiger partial charge in [0.15, 0.2) is 0 Å². The number of primary amides is 1. The monoisotopic (exact) mass is 356 g/mol. The van der Waals surface area contributed by atoms with Gasteiger partial charge in [-0.15, -0.1) is 0 Å². The number of nitrogens with one attached hydrogen (secondary N) is 1. The standard InChI is InChI=1S/C18H17FN4O3/c1-26-16-5-3-2-4-13(16)21-18(25)14-10-15(17(20)24)23(22-14)12-8-6-11(19)7-9-12/h2-9,15H,10H2,1H3,(H2,20,24)(H,21,25). The van der Waals surface area contributed by atoms with Crippen LogP contribution in [0.25, 0.3) is 0 Å². The molecule has 2 aromatic carbocycles. The Bertz CT molecular complexity index is 867. The molecule has 26 heavy (non-hydrogen) atoms. The summed E-state index contributed by atoms with van der Waals surface area (Å²) in [5, 5.41) is 8.26. The molecule has 1 heterocycles. The Labute approximate surface area is 149 Å². The van der Waals surface area contributed by atoms with Gasteiger partial charge in [0.25, 0.3) is 5.91 Å². The zero-order valence-electron chi connectivity index (χ0n) is 14.0. The van der Waals surface area contributed by atoms with Crippen molar-refractivity contribution in [1.82, 2.24) is 0 Å². The summed E-state index contributed by atoms with van der Waals surface area (Å²) in [4.78, 5) is 24.3. The van der Waals surface area contributed by atoms with E-state index in [1.54, 1.807) is 24.3 Å². The first-order valence-corrected chi connectivity index (χ1v) is 7.85. The fraction of sp³-hybridized carbons (Fsp3) is 0.167. The lowest BCUT2D eigenvalue weighted by molar-refractivity contribution is -0.119. The molecule has 0 radical (unpaired) electrons. The molecule has 0 aliphatic carbocycles. The number of carbonyl (C=O) groups is 2. The average Bonchev–Trinajstić information content (AvgIpc) is 3.08. The molecular weight excluding hydrogens is 339 g/mol. The number of hydrogen-bond donors (Lipinski definition) is 2. The van der Waals surface area contributed by atoms with E-state index in [4.69, 9.17) is 10.5 Å². The molecule has 8 heteroatoms. The second kappa shape index (κ2) is 7.22. The first-order chi connectivity index (χ1) is 12.5. The van der Waals surface area contributed by atoms with Crippen molar-refractivity contribution in [2.24, 2.45) is 10.8 Å². The number of hydrazone groups is 1. The zero-order valence-corrected chi connectivity index (χ0v) is 14.0. The predicted molar refractivity (Wildman–Crippen MR) is 95.5 cm³/mol. The number of nitrogens with zero attached hydrogens (tertiary/aromatic N) is 2. The summed E-state index contributed by atoms with van der Waals surface area (Å²) < 4.78 is 18.3. The van der Waals surface area contributed by atoms with Gasteiger partial charge in [-0.3, -0.25) is 14.6 Å². The Morgan fingerprint density at radius 2 is 1.92 bits per heavy atom. The summed E-state index contributed by atoms with van der Waals surface area (Å²) in [6, 6.07) is 11.5. The Morgan fingerprint density at radius 3 is 2.58 bits per heavy atom. The minimum Gasteiger partial charge on any atom is -0.495 e. The summed E-state index contributed by atoms with van der Waals surface area (Å²) in [6.45, 7) is 0. The molecule has 1 aliphatic heterocycles. The SMILES string of the molecule is COc1ccccc1NC(=O)C1=NN(c2ccc(F)cc2)C(C(N)=O)C1. The fourth-order valence-corrected chi connectivity index (χ4v) is 2.64. The van der Waals surface area contributed by atoms with Gasteiger partial charge < -0.3 is 15.8 Å². The van der Waals surface area contributed by atoms with Crippen LogP contribution in [0.5, 0.6) is 5.75 Å². The molecule has 1 unspecified atom stereocenters. The molecule has 0 saturated carbocycles. The predicted octanol–water partition coefficient (Wildman–Crippen LogP) is 1.89. The van der Waals surface area contributed by atoms with Crippen molar-refractivity contribution in [2.45, 2.75) is 12.5 Å². The third kappa shape index (κ3) is 3.49. The van der Waals surface area contributed by atoms with Crippen LogP contribution in [0.3, 0.4) is 0 Å². The van der Waals surface area contributed by atoms with E-state index in [0.29, 0.717) is 17.1 Å². The maximum Gasteiger partial charge on any atom is 0.272 e. The normalized spacial score (nSPS) is 16.2. The highest BCUT2D eigenvalue weighted by molar-refractivity contribution is 6.44. The zero-order chi connectivity index (χ0) is 18.7. The molecule has 7 nitrogen and oxygen atoms in total. The molecule has 0 saturated heterocycles. The van der Waals surface area contributed by atoms with Gasteiger partial charge in [0.1, 0.15) is 23.3 Å².